The molecule has 0 aliphatic heterocycles. The molecule has 27 heavy (non-hydrogen) atoms. The minimum atomic E-state index is 0. The summed E-state index contributed by atoms with van der Waals surface area (Å²) in [5, 5.41) is 15.4. The van der Waals surface area contributed by atoms with E-state index in [1.807, 2.05) is 41.2 Å². The molecule has 0 saturated heterocycles. The summed E-state index contributed by atoms with van der Waals surface area (Å²) in [6, 6.07) is 11.9. The molecule has 0 bridgehead atoms. The molecule has 2 heterocycles. The Labute approximate surface area is 180 Å². The van der Waals surface area contributed by atoms with Crippen molar-refractivity contribution in [3.05, 3.63) is 64.6 Å². The van der Waals surface area contributed by atoms with Crippen LogP contribution in [0.3, 0.4) is 0 Å². The number of thiophene rings is 1. The van der Waals surface area contributed by atoms with Crippen LogP contribution in [0.15, 0.2) is 58.3 Å². The fraction of sp³-hybridized carbons (Fsp3) is 0.263. The van der Waals surface area contributed by atoms with Gasteiger partial charge >= 0.3 is 0 Å². The molecule has 3 aromatic rings. The van der Waals surface area contributed by atoms with Crippen LogP contribution in [0.1, 0.15) is 18.2 Å². The third kappa shape index (κ3) is 6.24. The van der Waals surface area contributed by atoms with E-state index in [1.54, 1.807) is 18.4 Å². The molecule has 0 radical (unpaired) electrons. The van der Waals surface area contributed by atoms with Gasteiger partial charge in [-0.2, -0.15) is 16.4 Å². The number of ether oxygens (including phenoxy) is 1. The number of benzene rings is 1. The van der Waals surface area contributed by atoms with Gasteiger partial charge in [0.25, 0.3) is 0 Å². The molecular weight excluding hydrogens is 473 g/mol. The summed E-state index contributed by atoms with van der Waals surface area (Å²) in [6.07, 6.45) is 1.95. The number of hydrogen-bond acceptors (Lipinski definition) is 4. The summed E-state index contributed by atoms with van der Waals surface area (Å²) in [4.78, 5) is 4.61. The minimum absolute atomic E-state index is 0. The van der Waals surface area contributed by atoms with Crippen molar-refractivity contribution in [2.24, 2.45) is 4.99 Å². The smallest absolute Gasteiger partial charge is 0.191 e. The Balaban J connectivity index is 0.00000261. The molecule has 0 unspecified atom stereocenters. The Bertz CT molecular complexity index is 830. The minimum Gasteiger partial charge on any atom is -0.497 e. The summed E-state index contributed by atoms with van der Waals surface area (Å²) >= 11 is 1.69. The molecule has 0 aliphatic rings. The monoisotopic (exact) mass is 497 g/mol. The normalized spacial score (nSPS) is 11.0. The largest absolute Gasteiger partial charge is 0.497 e. The summed E-state index contributed by atoms with van der Waals surface area (Å²) in [6.45, 7) is 4.15. The van der Waals surface area contributed by atoms with Gasteiger partial charge < -0.3 is 15.4 Å². The van der Waals surface area contributed by atoms with Crippen LogP contribution in [0.2, 0.25) is 0 Å². The highest BCUT2D eigenvalue weighted by Gasteiger charge is 2.04. The van der Waals surface area contributed by atoms with Gasteiger partial charge in [0.1, 0.15) is 5.75 Å². The van der Waals surface area contributed by atoms with Crippen LogP contribution in [0.25, 0.3) is 5.69 Å². The van der Waals surface area contributed by atoms with Gasteiger partial charge in [-0.3, -0.25) is 0 Å². The van der Waals surface area contributed by atoms with Gasteiger partial charge in [-0.05, 0) is 59.6 Å². The van der Waals surface area contributed by atoms with Crippen molar-refractivity contribution in [2.45, 2.75) is 20.0 Å². The summed E-state index contributed by atoms with van der Waals surface area (Å²) in [7, 11) is 1.66. The van der Waals surface area contributed by atoms with E-state index in [2.05, 4.69) is 44.5 Å². The quantitative estimate of drug-likeness (QED) is 0.296. The molecule has 0 aliphatic carbocycles. The SMILES string of the molecule is CCNC(=NCc1ccsc1)NCc1ccn(-c2ccc(OC)cc2)n1.I. The first-order valence-electron chi connectivity index (χ1n) is 8.50. The lowest BCUT2D eigenvalue weighted by Gasteiger charge is -2.10. The Morgan fingerprint density at radius 3 is 2.67 bits per heavy atom. The molecule has 0 spiro atoms. The van der Waals surface area contributed by atoms with Crippen LogP contribution in [-0.4, -0.2) is 29.4 Å². The lowest BCUT2D eigenvalue weighted by Crippen LogP contribution is -2.36. The van der Waals surface area contributed by atoms with E-state index in [-0.39, 0.29) is 24.0 Å². The van der Waals surface area contributed by atoms with E-state index in [9.17, 15) is 0 Å². The van der Waals surface area contributed by atoms with Gasteiger partial charge in [0.15, 0.2) is 5.96 Å². The first kappa shape index (κ1) is 21.2. The molecule has 2 N–H and O–H groups in total. The number of hydrogen-bond donors (Lipinski definition) is 2. The summed E-state index contributed by atoms with van der Waals surface area (Å²) < 4.78 is 7.04. The molecule has 3 rings (SSSR count). The third-order valence-electron chi connectivity index (χ3n) is 3.76. The first-order valence-corrected chi connectivity index (χ1v) is 9.45. The van der Waals surface area contributed by atoms with E-state index < -0.39 is 0 Å². The second-order valence-electron chi connectivity index (χ2n) is 5.63. The highest BCUT2D eigenvalue weighted by Crippen LogP contribution is 2.14. The molecule has 6 nitrogen and oxygen atoms in total. The number of rotatable bonds is 7. The zero-order valence-electron chi connectivity index (χ0n) is 15.4. The molecule has 0 atom stereocenters. The van der Waals surface area contributed by atoms with E-state index in [1.165, 1.54) is 5.56 Å². The maximum absolute atomic E-state index is 5.19. The lowest BCUT2D eigenvalue weighted by molar-refractivity contribution is 0.414. The Morgan fingerprint density at radius 1 is 1.19 bits per heavy atom. The van der Waals surface area contributed by atoms with Gasteiger partial charge in [-0.1, -0.05) is 0 Å². The van der Waals surface area contributed by atoms with Crippen molar-refractivity contribution in [2.75, 3.05) is 13.7 Å². The van der Waals surface area contributed by atoms with Crippen LogP contribution in [0.5, 0.6) is 5.75 Å². The predicted molar refractivity (Wildman–Crippen MR) is 122 cm³/mol. The van der Waals surface area contributed by atoms with Crippen molar-refractivity contribution in [3.8, 4) is 11.4 Å². The number of aromatic nitrogens is 2. The van der Waals surface area contributed by atoms with Crippen molar-refractivity contribution < 1.29 is 4.74 Å². The molecule has 2 aromatic heterocycles. The average molecular weight is 497 g/mol. The maximum atomic E-state index is 5.19. The predicted octanol–water partition coefficient (Wildman–Crippen LogP) is 3.82. The maximum Gasteiger partial charge on any atom is 0.191 e. The number of aliphatic imine (C=N–C) groups is 1. The fourth-order valence-corrected chi connectivity index (χ4v) is 3.06. The molecule has 0 fully saturated rings. The van der Waals surface area contributed by atoms with Crippen LogP contribution in [0.4, 0.5) is 0 Å². The third-order valence-corrected chi connectivity index (χ3v) is 4.49. The van der Waals surface area contributed by atoms with Crippen LogP contribution in [-0.2, 0) is 13.1 Å². The van der Waals surface area contributed by atoms with E-state index in [4.69, 9.17) is 4.74 Å². The van der Waals surface area contributed by atoms with Crippen LogP contribution in [0, 0.1) is 0 Å². The van der Waals surface area contributed by atoms with Crippen LogP contribution >= 0.6 is 35.3 Å². The summed E-state index contributed by atoms with van der Waals surface area (Å²) in [5.74, 6) is 1.62. The fourth-order valence-electron chi connectivity index (χ4n) is 2.40. The molecule has 1 aromatic carbocycles. The van der Waals surface area contributed by atoms with E-state index >= 15 is 0 Å². The second-order valence-corrected chi connectivity index (χ2v) is 6.41. The number of guanidine groups is 1. The Kier molecular flexibility index (Phi) is 8.59. The standard InChI is InChI=1S/C19H23N5OS.HI/c1-3-20-19(21-12-15-9-11-26-14-15)22-13-16-8-10-24(23-16)17-4-6-18(25-2)7-5-17;/h4-11,14H,3,12-13H2,1-2H3,(H2,20,21,22);1H. The number of nitrogens with zero attached hydrogens (tertiary/aromatic N) is 3. The molecule has 0 amide bonds. The molecule has 8 heteroatoms. The van der Waals surface area contributed by atoms with Crippen LogP contribution < -0.4 is 15.4 Å². The Hall–Kier alpha value is -2.07. The lowest BCUT2D eigenvalue weighted by atomic mass is 10.3. The Morgan fingerprint density at radius 2 is 2.00 bits per heavy atom. The second kappa shape index (κ2) is 10.9. The van der Waals surface area contributed by atoms with E-state index in [0.29, 0.717) is 13.1 Å². The molecule has 144 valence electrons. The van der Waals surface area contributed by atoms with Crippen molar-refractivity contribution in [1.82, 2.24) is 20.4 Å². The summed E-state index contributed by atoms with van der Waals surface area (Å²) in [5.41, 5.74) is 3.16. The van der Waals surface area contributed by atoms with Crippen molar-refractivity contribution in [3.63, 3.8) is 0 Å². The number of methoxy groups -OCH3 is 1. The van der Waals surface area contributed by atoms with Crippen molar-refractivity contribution in [1.29, 1.82) is 0 Å². The van der Waals surface area contributed by atoms with Gasteiger partial charge in [0.05, 0.1) is 31.6 Å². The van der Waals surface area contributed by atoms with Gasteiger partial charge in [-0.15, -0.1) is 24.0 Å². The number of halogens is 1. The molecule has 0 saturated carbocycles. The zero-order valence-corrected chi connectivity index (χ0v) is 18.5. The topological polar surface area (TPSA) is 63.5 Å². The average Bonchev–Trinajstić information content (AvgIpc) is 3.36. The van der Waals surface area contributed by atoms with Gasteiger partial charge in [-0.25, -0.2) is 9.67 Å². The zero-order chi connectivity index (χ0) is 18.2. The van der Waals surface area contributed by atoms with E-state index in [0.717, 1.165) is 29.6 Å². The molecular formula is C19H24IN5OS. The van der Waals surface area contributed by atoms with Crippen molar-refractivity contribution >= 4 is 41.3 Å². The van der Waals surface area contributed by atoms with Gasteiger partial charge in [0.2, 0.25) is 0 Å². The highest BCUT2D eigenvalue weighted by molar-refractivity contribution is 14.0. The highest BCUT2D eigenvalue weighted by atomic mass is 127. The first-order chi connectivity index (χ1) is 12.8. The van der Waals surface area contributed by atoms with Gasteiger partial charge in [0, 0.05) is 12.7 Å². The number of nitrogens with one attached hydrogen (secondary N) is 2.